The zero-order chi connectivity index (χ0) is 27.4. The van der Waals surface area contributed by atoms with Gasteiger partial charge in [0.15, 0.2) is 0 Å². The van der Waals surface area contributed by atoms with Gasteiger partial charge in [-0.05, 0) is 71.6 Å². The molecule has 39 heavy (non-hydrogen) atoms. The Labute approximate surface area is 229 Å². The molecule has 3 aromatic heterocycles. The van der Waals surface area contributed by atoms with Crippen LogP contribution in [-0.4, -0.2) is 61.0 Å². The van der Waals surface area contributed by atoms with Gasteiger partial charge in [0, 0.05) is 50.9 Å². The number of rotatable bonds is 4. The topological polar surface area (TPSA) is 81.3 Å². The number of nitrogens with zero attached hydrogens (tertiary/aromatic N) is 7. The molecule has 0 bridgehead atoms. The van der Waals surface area contributed by atoms with Crippen molar-refractivity contribution in [1.82, 2.24) is 29.2 Å². The molecular weight excluding hydrogens is 490 g/mol. The van der Waals surface area contributed by atoms with Crippen molar-refractivity contribution in [3.8, 4) is 0 Å². The second kappa shape index (κ2) is 10.0. The molecule has 0 spiro atoms. The third kappa shape index (κ3) is 4.61. The quantitative estimate of drug-likeness (QED) is 0.381. The Bertz CT molecular complexity index is 1590. The number of benzene rings is 1. The highest BCUT2D eigenvalue weighted by atomic mass is 16.5. The van der Waals surface area contributed by atoms with E-state index in [0.717, 1.165) is 78.1 Å². The number of ether oxygens (including phenoxy) is 1. The molecule has 0 amide bonds. The molecule has 5 heterocycles. The Hall–Kier alpha value is -3.30. The molecule has 0 aliphatic carbocycles. The van der Waals surface area contributed by atoms with E-state index in [0.29, 0.717) is 0 Å². The van der Waals surface area contributed by atoms with E-state index in [4.69, 9.17) is 19.8 Å². The number of anilines is 1. The third-order valence-electron chi connectivity index (χ3n) is 8.78. The maximum absolute atomic E-state index is 13.0. The highest BCUT2D eigenvalue weighted by Gasteiger charge is 2.34. The van der Waals surface area contributed by atoms with Gasteiger partial charge in [-0.15, -0.1) is 0 Å². The van der Waals surface area contributed by atoms with Crippen LogP contribution in [0.1, 0.15) is 69.3 Å². The van der Waals surface area contributed by atoms with Gasteiger partial charge in [-0.3, -0.25) is 9.69 Å². The van der Waals surface area contributed by atoms with E-state index in [1.807, 2.05) is 31.8 Å². The second-order valence-corrected chi connectivity index (χ2v) is 11.5. The van der Waals surface area contributed by atoms with Crippen LogP contribution in [0, 0.1) is 13.8 Å². The van der Waals surface area contributed by atoms with Crippen molar-refractivity contribution >= 4 is 27.8 Å². The summed E-state index contributed by atoms with van der Waals surface area (Å²) in [6, 6.07) is 8.94. The highest BCUT2D eigenvalue weighted by molar-refractivity contribution is 5.88. The van der Waals surface area contributed by atoms with Gasteiger partial charge >= 0.3 is 0 Å². The standard InChI is InChI=1S/C30H39N7O2/c1-18-16-36(26-14-28(38)34(6)27-17-37(33-30(26)27)29-9-7-8-12-39-29)19(2)15-35(18)22(5)23-10-11-24-25(13-23)32-21(4)20(3)31-24/h10-11,13-14,17-19,22,29H,7-9,12,15-16H2,1-6H3/t18-,19+,22?,29?/m1/s1. The van der Waals surface area contributed by atoms with E-state index in [9.17, 15) is 4.79 Å². The highest BCUT2D eigenvalue weighted by Crippen LogP contribution is 2.34. The van der Waals surface area contributed by atoms with Gasteiger partial charge in [0.05, 0.1) is 39.8 Å². The van der Waals surface area contributed by atoms with E-state index in [2.05, 4.69) is 48.8 Å². The SMILES string of the molecule is Cc1nc2ccc(C(C)N3C[C@H](C)N(c4cc(=O)n(C)c5cn(C6CCCCO6)nc45)C[C@H]3C)cc2nc1C. The predicted molar refractivity (Wildman–Crippen MR) is 154 cm³/mol. The molecule has 4 aromatic rings. The molecule has 2 unspecified atom stereocenters. The normalized spacial score (nSPS) is 23.5. The van der Waals surface area contributed by atoms with Gasteiger partial charge in [0.25, 0.3) is 5.56 Å². The molecule has 2 aliphatic heterocycles. The van der Waals surface area contributed by atoms with Crippen LogP contribution >= 0.6 is 0 Å². The summed E-state index contributed by atoms with van der Waals surface area (Å²) in [4.78, 5) is 27.4. The minimum atomic E-state index is -0.0671. The Morgan fingerprint density at radius 3 is 2.51 bits per heavy atom. The zero-order valence-electron chi connectivity index (χ0n) is 23.9. The number of aromatic nitrogens is 5. The lowest BCUT2D eigenvalue weighted by Gasteiger charge is -2.47. The van der Waals surface area contributed by atoms with Crippen molar-refractivity contribution in [3.63, 3.8) is 0 Å². The number of aryl methyl sites for hydroxylation is 3. The Morgan fingerprint density at radius 1 is 1.00 bits per heavy atom. The fourth-order valence-corrected chi connectivity index (χ4v) is 6.24. The van der Waals surface area contributed by atoms with Crippen LogP contribution in [0.4, 0.5) is 5.69 Å². The number of hydrogen-bond acceptors (Lipinski definition) is 7. The van der Waals surface area contributed by atoms with Crippen molar-refractivity contribution in [2.24, 2.45) is 7.05 Å². The maximum Gasteiger partial charge on any atom is 0.252 e. The molecule has 6 rings (SSSR count). The monoisotopic (exact) mass is 529 g/mol. The van der Waals surface area contributed by atoms with Crippen LogP contribution in [0.3, 0.4) is 0 Å². The number of hydrogen-bond donors (Lipinski definition) is 0. The number of fused-ring (bicyclic) bond motifs is 2. The summed E-state index contributed by atoms with van der Waals surface area (Å²) < 4.78 is 9.61. The lowest BCUT2D eigenvalue weighted by Crippen LogP contribution is -2.57. The summed E-state index contributed by atoms with van der Waals surface area (Å²) in [6.07, 6.45) is 5.08. The van der Waals surface area contributed by atoms with Gasteiger partial charge in [0.2, 0.25) is 0 Å². The summed E-state index contributed by atoms with van der Waals surface area (Å²) in [7, 11) is 1.82. The summed E-state index contributed by atoms with van der Waals surface area (Å²) in [6.45, 7) is 13.3. The Morgan fingerprint density at radius 2 is 1.77 bits per heavy atom. The zero-order valence-corrected chi connectivity index (χ0v) is 23.9. The predicted octanol–water partition coefficient (Wildman–Crippen LogP) is 4.65. The molecule has 0 N–H and O–H groups in total. The van der Waals surface area contributed by atoms with Crippen molar-refractivity contribution in [3.05, 3.63) is 57.8 Å². The van der Waals surface area contributed by atoms with Gasteiger partial charge in [-0.1, -0.05) is 6.07 Å². The lowest BCUT2D eigenvalue weighted by molar-refractivity contribution is -0.0390. The van der Waals surface area contributed by atoms with Gasteiger partial charge in [0.1, 0.15) is 11.7 Å². The van der Waals surface area contributed by atoms with Crippen molar-refractivity contribution in [2.75, 3.05) is 24.6 Å². The third-order valence-corrected chi connectivity index (χ3v) is 8.78. The molecule has 2 fully saturated rings. The summed E-state index contributed by atoms with van der Waals surface area (Å²) in [5.74, 6) is 0. The molecule has 2 aliphatic rings. The minimum Gasteiger partial charge on any atom is -0.364 e. The van der Waals surface area contributed by atoms with E-state index >= 15 is 0 Å². The van der Waals surface area contributed by atoms with Crippen LogP contribution in [0.5, 0.6) is 0 Å². The van der Waals surface area contributed by atoms with Crippen LogP contribution < -0.4 is 10.5 Å². The molecular formula is C30H39N7O2. The fourth-order valence-electron chi connectivity index (χ4n) is 6.24. The van der Waals surface area contributed by atoms with E-state index in [1.165, 1.54) is 5.56 Å². The number of piperazine rings is 1. The fraction of sp³-hybridized carbons (Fsp3) is 0.533. The van der Waals surface area contributed by atoms with Gasteiger partial charge < -0.3 is 14.2 Å². The molecule has 0 radical (unpaired) electrons. The van der Waals surface area contributed by atoms with Crippen LogP contribution in [0.15, 0.2) is 35.3 Å². The van der Waals surface area contributed by atoms with E-state index < -0.39 is 0 Å². The average Bonchev–Trinajstić information content (AvgIpc) is 3.38. The molecule has 1 aromatic carbocycles. The van der Waals surface area contributed by atoms with E-state index in [-0.39, 0.29) is 29.9 Å². The summed E-state index contributed by atoms with van der Waals surface area (Å²) in [5.41, 5.74) is 7.70. The molecule has 206 valence electrons. The first-order chi connectivity index (χ1) is 18.7. The summed E-state index contributed by atoms with van der Waals surface area (Å²) in [5, 5.41) is 4.98. The molecule has 4 atom stereocenters. The van der Waals surface area contributed by atoms with Crippen molar-refractivity contribution in [1.29, 1.82) is 0 Å². The smallest absolute Gasteiger partial charge is 0.252 e. The molecule has 9 nitrogen and oxygen atoms in total. The first-order valence-electron chi connectivity index (χ1n) is 14.2. The minimum absolute atomic E-state index is 0.0138. The number of pyridine rings is 1. The molecule has 0 saturated carbocycles. The van der Waals surface area contributed by atoms with Crippen molar-refractivity contribution in [2.45, 2.75) is 78.2 Å². The molecule has 9 heteroatoms. The average molecular weight is 530 g/mol. The maximum atomic E-state index is 13.0. The second-order valence-electron chi connectivity index (χ2n) is 11.5. The first kappa shape index (κ1) is 26.0. The van der Waals surface area contributed by atoms with Crippen LogP contribution in [0.25, 0.3) is 22.1 Å². The van der Waals surface area contributed by atoms with Gasteiger partial charge in [-0.2, -0.15) is 5.10 Å². The first-order valence-corrected chi connectivity index (χ1v) is 14.2. The largest absolute Gasteiger partial charge is 0.364 e. The van der Waals surface area contributed by atoms with Crippen LogP contribution in [0.2, 0.25) is 0 Å². The molecule has 2 saturated heterocycles. The van der Waals surface area contributed by atoms with E-state index in [1.54, 1.807) is 10.6 Å². The Balaban J connectivity index is 1.29. The van der Waals surface area contributed by atoms with Crippen molar-refractivity contribution < 1.29 is 4.74 Å². The summed E-state index contributed by atoms with van der Waals surface area (Å²) >= 11 is 0. The lowest BCUT2D eigenvalue weighted by atomic mass is 9.99. The Kier molecular flexibility index (Phi) is 6.67. The van der Waals surface area contributed by atoms with Crippen LogP contribution in [-0.2, 0) is 11.8 Å². The van der Waals surface area contributed by atoms with Gasteiger partial charge in [-0.25, -0.2) is 14.6 Å².